The molecule has 0 aromatic carbocycles. The average molecular weight is 398 g/mol. The van der Waals surface area contributed by atoms with Crippen LogP contribution < -0.4 is 0 Å². The maximum absolute atomic E-state index is 13.7. The molecular weight excluding hydrogens is 362 g/mol. The Bertz CT molecular complexity index is 752. The number of likely N-dealkylation sites (tertiary alicyclic amines) is 2. The van der Waals surface area contributed by atoms with Gasteiger partial charge in [0.1, 0.15) is 0 Å². The topological polar surface area (TPSA) is 53.5 Å². The molecule has 2 aliphatic heterocycles. The number of hydrogen-bond acceptors (Lipinski definition) is 3. The Balaban J connectivity index is 1.55. The van der Waals surface area contributed by atoms with E-state index < -0.39 is 0 Å². The van der Waals surface area contributed by atoms with E-state index in [1.54, 1.807) is 0 Å². The van der Waals surface area contributed by atoms with Crippen molar-refractivity contribution in [2.24, 2.45) is 5.92 Å². The molecule has 2 saturated heterocycles. The van der Waals surface area contributed by atoms with Crippen LogP contribution in [0.5, 0.6) is 0 Å². The fourth-order valence-corrected chi connectivity index (χ4v) is 5.73. The predicted octanol–water partition coefficient (Wildman–Crippen LogP) is 4.30. The summed E-state index contributed by atoms with van der Waals surface area (Å²) in [5.41, 5.74) is 2.75. The van der Waals surface area contributed by atoms with Crippen molar-refractivity contribution in [3.8, 4) is 0 Å². The number of piperidine rings is 2. The van der Waals surface area contributed by atoms with E-state index in [1.807, 2.05) is 30.9 Å². The van der Waals surface area contributed by atoms with Gasteiger partial charge in [0.2, 0.25) is 5.91 Å². The normalized spacial score (nSPS) is 25.6. The fourth-order valence-electron chi connectivity index (χ4n) is 5.73. The SMILES string of the molecule is CCC(=O)N1CCC(c2nc(C)ccc2C(=O)N2CCCC3CCCCC32)CC1. The van der Waals surface area contributed by atoms with Crippen LogP contribution in [0.4, 0.5) is 0 Å². The molecule has 2 amide bonds. The van der Waals surface area contributed by atoms with Crippen molar-refractivity contribution in [1.29, 1.82) is 0 Å². The molecule has 1 saturated carbocycles. The lowest BCUT2D eigenvalue weighted by Crippen LogP contribution is -2.50. The molecular formula is C24H35N3O2. The van der Waals surface area contributed by atoms with E-state index in [0.29, 0.717) is 18.4 Å². The van der Waals surface area contributed by atoms with E-state index in [0.717, 1.165) is 62.3 Å². The predicted molar refractivity (Wildman–Crippen MR) is 114 cm³/mol. The maximum atomic E-state index is 13.7. The molecule has 2 atom stereocenters. The molecule has 29 heavy (non-hydrogen) atoms. The fraction of sp³-hybridized carbons (Fsp3) is 0.708. The van der Waals surface area contributed by atoms with Crippen LogP contribution in [-0.4, -0.2) is 52.3 Å². The Labute approximate surface area is 174 Å². The molecule has 5 heteroatoms. The van der Waals surface area contributed by atoms with Crippen LogP contribution >= 0.6 is 0 Å². The van der Waals surface area contributed by atoms with Gasteiger partial charge in [0, 0.05) is 43.7 Å². The van der Waals surface area contributed by atoms with Crippen molar-refractivity contribution in [2.75, 3.05) is 19.6 Å². The van der Waals surface area contributed by atoms with Crippen LogP contribution in [0.25, 0.3) is 0 Å². The molecule has 3 fully saturated rings. The van der Waals surface area contributed by atoms with Crippen molar-refractivity contribution >= 4 is 11.8 Å². The van der Waals surface area contributed by atoms with Gasteiger partial charge in [-0.1, -0.05) is 19.8 Å². The zero-order valence-electron chi connectivity index (χ0n) is 18.0. The first-order valence-electron chi connectivity index (χ1n) is 11.6. The monoisotopic (exact) mass is 397 g/mol. The van der Waals surface area contributed by atoms with Crippen molar-refractivity contribution in [3.63, 3.8) is 0 Å². The molecule has 1 aliphatic carbocycles. The number of nitrogens with zero attached hydrogens (tertiary/aromatic N) is 3. The van der Waals surface area contributed by atoms with Crippen molar-refractivity contribution in [3.05, 3.63) is 29.1 Å². The van der Waals surface area contributed by atoms with E-state index in [-0.39, 0.29) is 17.7 Å². The number of carbonyl (C=O) groups is 2. The molecule has 1 aromatic heterocycles. The number of carbonyl (C=O) groups excluding carboxylic acids is 2. The molecule has 3 aliphatic rings. The summed E-state index contributed by atoms with van der Waals surface area (Å²) in [6, 6.07) is 4.41. The van der Waals surface area contributed by atoms with Crippen LogP contribution in [0.3, 0.4) is 0 Å². The number of hydrogen-bond donors (Lipinski definition) is 0. The molecule has 0 N–H and O–H groups in total. The second kappa shape index (κ2) is 8.85. The summed E-state index contributed by atoms with van der Waals surface area (Å²) >= 11 is 0. The van der Waals surface area contributed by atoms with Crippen LogP contribution in [0.2, 0.25) is 0 Å². The van der Waals surface area contributed by atoms with Crippen molar-refractivity contribution < 1.29 is 9.59 Å². The molecule has 4 rings (SSSR count). The van der Waals surface area contributed by atoms with E-state index in [4.69, 9.17) is 4.98 Å². The standard InChI is InChI=1S/C24H35N3O2/c1-3-22(28)26-15-12-19(13-16-26)23-20(11-10-17(2)25-23)24(29)27-14-6-8-18-7-4-5-9-21(18)27/h10-11,18-19,21H,3-9,12-16H2,1-2H3. The lowest BCUT2D eigenvalue weighted by molar-refractivity contribution is -0.131. The van der Waals surface area contributed by atoms with Gasteiger partial charge in [-0.3, -0.25) is 14.6 Å². The van der Waals surface area contributed by atoms with Gasteiger partial charge < -0.3 is 9.80 Å². The van der Waals surface area contributed by atoms with E-state index in [9.17, 15) is 9.59 Å². The van der Waals surface area contributed by atoms with E-state index in [2.05, 4.69) is 4.90 Å². The van der Waals surface area contributed by atoms with Gasteiger partial charge in [-0.15, -0.1) is 0 Å². The third kappa shape index (κ3) is 4.19. The van der Waals surface area contributed by atoms with Crippen molar-refractivity contribution in [2.45, 2.75) is 83.6 Å². The average Bonchev–Trinajstić information content (AvgIpc) is 2.77. The summed E-state index contributed by atoms with van der Waals surface area (Å²) in [6.07, 6.45) is 9.75. The molecule has 0 spiro atoms. The second-order valence-electron chi connectivity index (χ2n) is 9.15. The first kappa shape index (κ1) is 20.4. The minimum absolute atomic E-state index is 0.191. The summed E-state index contributed by atoms with van der Waals surface area (Å²) in [5, 5.41) is 0. The third-order valence-electron chi connectivity index (χ3n) is 7.34. The Morgan fingerprint density at radius 3 is 2.48 bits per heavy atom. The summed E-state index contributed by atoms with van der Waals surface area (Å²) in [4.78, 5) is 34.7. The highest BCUT2D eigenvalue weighted by Gasteiger charge is 2.37. The van der Waals surface area contributed by atoms with Crippen LogP contribution in [0, 0.1) is 12.8 Å². The number of rotatable bonds is 3. The number of aryl methyl sites for hydroxylation is 1. The summed E-state index contributed by atoms with van der Waals surface area (Å²) in [7, 11) is 0. The van der Waals surface area contributed by atoms with Gasteiger partial charge in [0.15, 0.2) is 0 Å². The van der Waals surface area contributed by atoms with Crippen LogP contribution in [0.15, 0.2) is 12.1 Å². The molecule has 0 bridgehead atoms. The van der Waals surface area contributed by atoms with Crippen LogP contribution in [0.1, 0.15) is 92.4 Å². The third-order valence-corrected chi connectivity index (χ3v) is 7.34. The molecule has 158 valence electrons. The number of amides is 2. The first-order valence-corrected chi connectivity index (χ1v) is 11.6. The second-order valence-corrected chi connectivity index (χ2v) is 9.15. The zero-order valence-corrected chi connectivity index (χ0v) is 18.0. The largest absolute Gasteiger partial charge is 0.343 e. The highest BCUT2D eigenvalue weighted by Crippen LogP contribution is 2.37. The first-order chi connectivity index (χ1) is 14.1. The Kier molecular flexibility index (Phi) is 6.21. The van der Waals surface area contributed by atoms with Gasteiger partial charge in [0.25, 0.3) is 5.91 Å². The van der Waals surface area contributed by atoms with E-state index >= 15 is 0 Å². The Hall–Kier alpha value is -1.91. The van der Waals surface area contributed by atoms with Crippen molar-refractivity contribution in [1.82, 2.24) is 14.8 Å². The summed E-state index contributed by atoms with van der Waals surface area (Å²) < 4.78 is 0. The number of pyridine rings is 1. The smallest absolute Gasteiger partial charge is 0.255 e. The molecule has 1 aromatic rings. The van der Waals surface area contributed by atoms with Gasteiger partial charge in [-0.2, -0.15) is 0 Å². The highest BCUT2D eigenvalue weighted by molar-refractivity contribution is 5.95. The number of fused-ring (bicyclic) bond motifs is 1. The Morgan fingerprint density at radius 2 is 1.72 bits per heavy atom. The maximum Gasteiger partial charge on any atom is 0.255 e. The minimum atomic E-state index is 0.191. The Morgan fingerprint density at radius 1 is 1.00 bits per heavy atom. The molecule has 5 nitrogen and oxygen atoms in total. The van der Waals surface area contributed by atoms with E-state index in [1.165, 1.54) is 25.7 Å². The van der Waals surface area contributed by atoms with Crippen LogP contribution in [-0.2, 0) is 4.79 Å². The zero-order chi connectivity index (χ0) is 20.4. The van der Waals surface area contributed by atoms with Gasteiger partial charge in [-0.05, 0) is 63.5 Å². The highest BCUT2D eigenvalue weighted by atomic mass is 16.2. The lowest BCUT2D eigenvalue weighted by Gasteiger charge is -2.44. The van der Waals surface area contributed by atoms with Gasteiger partial charge >= 0.3 is 0 Å². The molecule has 0 radical (unpaired) electrons. The summed E-state index contributed by atoms with van der Waals surface area (Å²) in [6.45, 7) is 6.36. The van der Waals surface area contributed by atoms with Gasteiger partial charge in [-0.25, -0.2) is 0 Å². The number of aromatic nitrogens is 1. The molecule has 3 heterocycles. The summed E-state index contributed by atoms with van der Waals surface area (Å²) in [5.74, 6) is 1.37. The minimum Gasteiger partial charge on any atom is -0.343 e. The molecule has 2 unspecified atom stereocenters. The van der Waals surface area contributed by atoms with Gasteiger partial charge in [0.05, 0.1) is 11.3 Å². The lowest BCUT2D eigenvalue weighted by atomic mass is 9.78. The quantitative estimate of drug-likeness (QED) is 0.764.